The van der Waals surface area contributed by atoms with E-state index in [4.69, 9.17) is 18.9 Å². The van der Waals surface area contributed by atoms with Gasteiger partial charge >= 0.3 is 23.9 Å². The maximum Gasteiger partial charge on any atom is 0.319 e. The van der Waals surface area contributed by atoms with Crippen LogP contribution in [0.2, 0.25) is 0 Å². The van der Waals surface area contributed by atoms with Crippen molar-refractivity contribution in [3.8, 4) is 0 Å². The van der Waals surface area contributed by atoms with Crippen LogP contribution in [0, 0.1) is 4.91 Å². The molecule has 1 fully saturated rings. The SMILES string of the molecule is COC(=O)CN(CC(=O)OC)CC1=C(CN(CC(=O)OC)CC(=O)OC)[N+](=O)[C@@H]2CCCC[C@H]2N1O. The molecule has 1 aliphatic carbocycles. The van der Waals surface area contributed by atoms with Crippen LogP contribution < -0.4 is 0 Å². The van der Waals surface area contributed by atoms with Gasteiger partial charge in [0.15, 0.2) is 0 Å². The lowest BCUT2D eigenvalue weighted by Gasteiger charge is -2.39. The molecule has 0 aromatic heterocycles. The number of fused-ring (bicyclic) bond motifs is 1. The lowest BCUT2D eigenvalue weighted by molar-refractivity contribution is -0.567. The lowest BCUT2D eigenvalue weighted by atomic mass is 9.87. The van der Waals surface area contributed by atoms with E-state index in [0.29, 0.717) is 12.8 Å². The smallest absolute Gasteiger partial charge is 0.319 e. The number of carbonyl (C=O) groups is 4. The van der Waals surface area contributed by atoms with Crippen molar-refractivity contribution < 1.29 is 48.1 Å². The molecular weight excluding hydrogens is 480 g/mol. The number of nitrogens with zero attached hydrogens (tertiary/aromatic N) is 4. The Morgan fingerprint density at radius 3 is 1.67 bits per heavy atom. The fourth-order valence-electron chi connectivity index (χ4n) is 4.38. The summed E-state index contributed by atoms with van der Waals surface area (Å²) in [6, 6.07) is -1.04. The number of nitroso groups, excluding NO2 is 1. The van der Waals surface area contributed by atoms with Gasteiger partial charge in [0, 0.05) is 22.6 Å². The quantitative estimate of drug-likeness (QED) is 0.198. The summed E-state index contributed by atoms with van der Waals surface area (Å²) in [6.07, 6.45) is 2.74. The molecule has 0 radical (unpaired) electrons. The van der Waals surface area contributed by atoms with E-state index in [1.54, 1.807) is 0 Å². The average Bonchev–Trinajstić information content (AvgIpc) is 2.88. The summed E-state index contributed by atoms with van der Waals surface area (Å²) in [5.74, 6) is -2.53. The van der Waals surface area contributed by atoms with Crippen LogP contribution in [-0.2, 0) is 38.1 Å². The first-order chi connectivity index (χ1) is 17.1. The van der Waals surface area contributed by atoms with Crippen LogP contribution in [0.3, 0.4) is 0 Å². The number of hydrogen-bond donors (Lipinski definition) is 1. The van der Waals surface area contributed by atoms with Crippen LogP contribution in [-0.4, -0.2) is 128 Å². The Morgan fingerprint density at radius 1 is 0.806 bits per heavy atom. The highest BCUT2D eigenvalue weighted by molar-refractivity contribution is 5.75. The highest BCUT2D eigenvalue weighted by atomic mass is 16.5. The molecule has 1 saturated carbocycles. The van der Waals surface area contributed by atoms with Crippen LogP contribution in [0.15, 0.2) is 11.4 Å². The van der Waals surface area contributed by atoms with Crippen molar-refractivity contribution in [1.82, 2.24) is 14.9 Å². The van der Waals surface area contributed by atoms with Crippen LogP contribution in [0.25, 0.3) is 0 Å². The summed E-state index contributed by atoms with van der Waals surface area (Å²) in [5.41, 5.74) is 0.230. The Morgan fingerprint density at radius 2 is 1.22 bits per heavy atom. The monoisotopic (exact) mass is 515 g/mol. The molecule has 0 amide bonds. The Hall–Kier alpha value is -3.10. The number of ether oxygens (including phenoxy) is 4. The van der Waals surface area contributed by atoms with Gasteiger partial charge in [0.25, 0.3) is 5.70 Å². The molecule has 1 aliphatic heterocycles. The zero-order valence-electron chi connectivity index (χ0n) is 21.1. The average molecular weight is 516 g/mol. The highest BCUT2D eigenvalue weighted by Crippen LogP contribution is 2.34. The molecule has 0 bridgehead atoms. The molecule has 2 rings (SSSR count). The summed E-state index contributed by atoms with van der Waals surface area (Å²) in [7, 11) is 4.80. The molecule has 36 heavy (non-hydrogen) atoms. The zero-order chi connectivity index (χ0) is 26.8. The minimum atomic E-state index is -0.635. The van der Waals surface area contributed by atoms with E-state index in [1.807, 2.05) is 0 Å². The van der Waals surface area contributed by atoms with Crippen molar-refractivity contribution in [2.45, 2.75) is 37.8 Å². The van der Waals surface area contributed by atoms with Gasteiger partial charge in [-0.3, -0.25) is 34.2 Å². The van der Waals surface area contributed by atoms with Crippen molar-refractivity contribution >= 4 is 23.9 Å². The molecule has 14 heteroatoms. The second-order valence-electron chi connectivity index (χ2n) is 8.58. The molecule has 0 saturated heterocycles. The maximum absolute atomic E-state index is 13.6. The third-order valence-electron chi connectivity index (χ3n) is 6.25. The van der Waals surface area contributed by atoms with Crippen molar-refractivity contribution in [1.29, 1.82) is 0 Å². The normalized spacial score (nSPS) is 19.8. The van der Waals surface area contributed by atoms with Gasteiger partial charge in [-0.25, -0.2) is 5.06 Å². The van der Waals surface area contributed by atoms with Gasteiger partial charge in [0.1, 0.15) is 11.7 Å². The molecule has 1 N–H and O–H groups in total. The fourth-order valence-corrected chi connectivity index (χ4v) is 4.38. The summed E-state index contributed by atoms with van der Waals surface area (Å²) in [5, 5.41) is 12.2. The predicted octanol–water partition coefficient (Wildman–Crippen LogP) is -0.711. The Labute approximate surface area is 209 Å². The standard InChI is InChI=1S/C22H35N4O10/c1-33-19(27)11-23(12-20(28)34-2)9-17-18(10-24(13-21(29)35-3)14-22(30)36-4)26(32)16-8-6-5-7-15(16)25(17)31/h15-16,31H,5-14H2,1-4H3/q+1/t15-,16-/m1/s1. The third kappa shape index (κ3) is 7.70. The van der Waals surface area contributed by atoms with Crippen molar-refractivity contribution in [2.75, 3.05) is 67.7 Å². The molecule has 1 heterocycles. The third-order valence-corrected chi connectivity index (χ3v) is 6.25. The number of carbonyl (C=O) groups excluding carboxylic acids is 4. The zero-order valence-corrected chi connectivity index (χ0v) is 21.1. The van der Waals surface area contributed by atoms with E-state index in [1.165, 1.54) is 38.2 Å². The number of esters is 4. The van der Waals surface area contributed by atoms with Gasteiger partial charge in [-0.1, -0.05) is 6.42 Å². The first-order valence-corrected chi connectivity index (χ1v) is 11.5. The largest absolute Gasteiger partial charge is 0.468 e. The molecule has 2 aliphatic rings. The molecule has 0 unspecified atom stereocenters. The number of methoxy groups -OCH3 is 4. The van der Waals surface area contributed by atoms with E-state index in [-0.39, 0.29) is 50.7 Å². The van der Waals surface area contributed by atoms with Crippen molar-refractivity contribution in [3.05, 3.63) is 16.3 Å². The van der Waals surface area contributed by atoms with Gasteiger partial charge in [-0.2, -0.15) is 0 Å². The molecular formula is C22H35N4O10+. The summed E-state index contributed by atoms with van der Waals surface area (Å²) in [6.45, 7) is -1.63. The van der Waals surface area contributed by atoms with Crippen molar-refractivity contribution in [3.63, 3.8) is 0 Å². The van der Waals surface area contributed by atoms with E-state index in [9.17, 15) is 29.3 Å². The molecule has 0 aromatic carbocycles. The number of hydroxylamine groups is 2. The topological polar surface area (TPSA) is 155 Å². The summed E-state index contributed by atoms with van der Waals surface area (Å²) >= 11 is 0. The van der Waals surface area contributed by atoms with Gasteiger partial charge < -0.3 is 18.9 Å². The molecule has 202 valence electrons. The second-order valence-corrected chi connectivity index (χ2v) is 8.58. The Kier molecular flexibility index (Phi) is 11.2. The fraction of sp³-hybridized carbons (Fsp3) is 0.727. The molecule has 2 atom stereocenters. The van der Waals surface area contributed by atoms with Gasteiger partial charge in [0.2, 0.25) is 6.04 Å². The highest BCUT2D eigenvalue weighted by Gasteiger charge is 2.50. The van der Waals surface area contributed by atoms with E-state index in [0.717, 1.165) is 22.7 Å². The van der Waals surface area contributed by atoms with E-state index in [2.05, 4.69) is 0 Å². The van der Waals surface area contributed by atoms with Crippen molar-refractivity contribution in [2.24, 2.45) is 0 Å². The Balaban J connectivity index is 2.49. The second kappa shape index (κ2) is 13.8. The van der Waals surface area contributed by atoms with Crippen LogP contribution in [0.1, 0.15) is 25.7 Å². The number of hydrogen-bond acceptors (Lipinski definition) is 13. The molecule has 0 aromatic rings. The first-order valence-electron chi connectivity index (χ1n) is 11.5. The van der Waals surface area contributed by atoms with Gasteiger partial charge in [0.05, 0.1) is 61.2 Å². The number of rotatable bonds is 12. The summed E-state index contributed by atoms with van der Waals surface area (Å²) in [4.78, 5) is 64.2. The van der Waals surface area contributed by atoms with E-state index < -0.39 is 36.0 Å². The molecule has 0 spiro atoms. The van der Waals surface area contributed by atoms with Gasteiger partial charge in [-0.05, 0) is 12.8 Å². The maximum atomic E-state index is 13.6. The minimum absolute atomic E-state index is 0.0909. The first kappa shape index (κ1) is 29.1. The van der Waals surface area contributed by atoms with Crippen LogP contribution >= 0.6 is 0 Å². The predicted molar refractivity (Wildman–Crippen MR) is 121 cm³/mol. The van der Waals surface area contributed by atoms with E-state index >= 15 is 0 Å². The van der Waals surface area contributed by atoms with Crippen LogP contribution in [0.4, 0.5) is 0 Å². The van der Waals surface area contributed by atoms with Gasteiger partial charge in [-0.15, -0.1) is 0 Å². The minimum Gasteiger partial charge on any atom is -0.468 e. The van der Waals surface area contributed by atoms with Crippen LogP contribution in [0.5, 0.6) is 0 Å². The lowest BCUT2D eigenvalue weighted by Crippen LogP contribution is -2.56. The Bertz CT molecular complexity index is 841. The molecule has 14 nitrogen and oxygen atoms in total. The summed E-state index contributed by atoms with van der Waals surface area (Å²) < 4.78 is 19.7.